The quantitative estimate of drug-likeness (QED) is 0.239. The van der Waals surface area contributed by atoms with Crippen LogP contribution < -0.4 is 10.6 Å². The lowest BCUT2D eigenvalue weighted by atomic mass is 9.97. The fourth-order valence-electron chi connectivity index (χ4n) is 3.07. The van der Waals surface area contributed by atoms with Gasteiger partial charge in [0.1, 0.15) is 5.76 Å². The number of hydrogen-bond acceptors (Lipinski definition) is 5. The molecule has 1 aliphatic heterocycles. The first-order valence-electron chi connectivity index (χ1n) is 9.87. The Morgan fingerprint density at radius 2 is 2.00 bits per heavy atom. The second kappa shape index (κ2) is 13.3. The molecule has 0 saturated carbocycles. The van der Waals surface area contributed by atoms with Crippen LogP contribution in [-0.2, 0) is 11.3 Å². The van der Waals surface area contributed by atoms with E-state index in [0.29, 0.717) is 12.5 Å². The van der Waals surface area contributed by atoms with E-state index in [9.17, 15) is 0 Å². The van der Waals surface area contributed by atoms with Gasteiger partial charge in [-0.3, -0.25) is 9.89 Å². The summed E-state index contributed by atoms with van der Waals surface area (Å²) in [4.78, 5) is 11.7. The Kier molecular flexibility index (Phi) is 11.9. The molecule has 0 aliphatic carbocycles. The summed E-state index contributed by atoms with van der Waals surface area (Å²) >= 11 is 0. The van der Waals surface area contributed by atoms with E-state index in [1.807, 2.05) is 20.8 Å². The van der Waals surface area contributed by atoms with Gasteiger partial charge in [0, 0.05) is 26.2 Å². The standard InChI is InChI=1S/C19H35N5O2.HI/c1-5-20-19(21-9-12-25-6-2)22-13-17-7-10-24(11-8-17)14-18-23-15(3)16(4)26-18;/h17H,5-14H2,1-4H3,(H2,20,21,22);1H. The molecule has 8 heteroatoms. The molecule has 0 unspecified atom stereocenters. The topological polar surface area (TPSA) is 74.9 Å². The van der Waals surface area contributed by atoms with Gasteiger partial charge in [0.15, 0.2) is 5.96 Å². The van der Waals surface area contributed by atoms with Crippen molar-refractivity contribution in [3.63, 3.8) is 0 Å². The minimum atomic E-state index is 0. The third kappa shape index (κ3) is 8.78. The molecule has 2 N–H and O–H groups in total. The van der Waals surface area contributed by atoms with Crippen LogP contribution in [0.15, 0.2) is 9.41 Å². The van der Waals surface area contributed by atoms with Crippen molar-refractivity contribution < 1.29 is 9.15 Å². The van der Waals surface area contributed by atoms with Gasteiger partial charge < -0.3 is 19.8 Å². The molecule has 156 valence electrons. The summed E-state index contributed by atoms with van der Waals surface area (Å²) in [7, 11) is 0. The summed E-state index contributed by atoms with van der Waals surface area (Å²) in [6, 6.07) is 0. The fraction of sp³-hybridized carbons (Fsp3) is 0.789. The number of aromatic nitrogens is 1. The highest BCUT2D eigenvalue weighted by atomic mass is 127. The molecule has 7 nitrogen and oxygen atoms in total. The fourth-order valence-corrected chi connectivity index (χ4v) is 3.07. The largest absolute Gasteiger partial charge is 0.444 e. The predicted octanol–water partition coefficient (Wildman–Crippen LogP) is 2.71. The molecule has 2 heterocycles. The van der Waals surface area contributed by atoms with E-state index in [4.69, 9.17) is 14.1 Å². The maximum atomic E-state index is 5.70. The molecular formula is C19H36IN5O2. The number of aryl methyl sites for hydroxylation is 2. The number of oxazole rings is 1. The number of likely N-dealkylation sites (tertiary alicyclic amines) is 1. The highest BCUT2D eigenvalue weighted by Gasteiger charge is 2.20. The number of rotatable bonds is 9. The van der Waals surface area contributed by atoms with E-state index in [2.05, 4.69) is 27.4 Å². The van der Waals surface area contributed by atoms with Gasteiger partial charge in [0.2, 0.25) is 5.89 Å². The number of aliphatic imine (C=N–C) groups is 1. The highest BCUT2D eigenvalue weighted by molar-refractivity contribution is 14.0. The maximum absolute atomic E-state index is 5.70. The van der Waals surface area contributed by atoms with Gasteiger partial charge in [0.25, 0.3) is 0 Å². The van der Waals surface area contributed by atoms with Crippen LogP contribution in [0.1, 0.15) is 44.0 Å². The summed E-state index contributed by atoms with van der Waals surface area (Å²) in [6.07, 6.45) is 2.33. The van der Waals surface area contributed by atoms with Crippen molar-refractivity contribution >= 4 is 29.9 Å². The van der Waals surface area contributed by atoms with Crippen molar-refractivity contribution in [3.05, 3.63) is 17.3 Å². The summed E-state index contributed by atoms with van der Waals surface area (Å²) in [5, 5.41) is 6.63. The minimum Gasteiger partial charge on any atom is -0.444 e. The zero-order valence-corrected chi connectivity index (χ0v) is 19.5. The third-order valence-electron chi connectivity index (χ3n) is 4.73. The van der Waals surface area contributed by atoms with Gasteiger partial charge in [-0.05, 0) is 59.5 Å². The normalized spacial score (nSPS) is 16.2. The molecule has 1 aromatic heterocycles. The van der Waals surface area contributed by atoms with Gasteiger partial charge in [0.05, 0.1) is 18.8 Å². The first-order valence-corrected chi connectivity index (χ1v) is 9.87. The van der Waals surface area contributed by atoms with Crippen LogP contribution in [0, 0.1) is 19.8 Å². The Labute approximate surface area is 180 Å². The smallest absolute Gasteiger partial charge is 0.208 e. The van der Waals surface area contributed by atoms with Crippen LogP contribution in [0.2, 0.25) is 0 Å². The summed E-state index contributed by atoms with van der Waals surface area (Å²) in [5.74, 6) is 3.29. The van der Waals surface area contributed by atoms with Crippen LogP contribution in [0.5, 0.6) is 0 Å². The Morgan fingerprint density at radius 3 is 2.59 bits per heavy atom. The third-order valence-corrected chi connectivity index (χ3v) is 4.73. The molecule has 1 saturated heterocycles. The van der Waals surface area contributed by atoms with E-state index in [0.717, 1.165) is 69.2 Å². The second-order valence-electron chi connectivity index (χ2n) is 6.81. The Morgan fingerprint density at radius 1 is 1.26 bits per heavy atom. The Balaban J connectivity index is 0.00000364. The van der Waals surface area contributed by atoms with Gasteiger partial charge in [-0.15, -0.1) is 24.0 Å². The molecule has 1 aromatic rings. The molecule has 2 rings (SSSR count). The van der Waals surface area contributed by atoms with Crippen LogP contribution >= 0.6 is 24.0 Å². The summed E-state index contributed by atoms with van der Waals surface area (Å²) < 4.78 is 11.1. The highest BCUT2D eigenvalue weighted by Crippen LogP contribution is 2.20. The zero-order valence-electron chi connectivity index (χ0n) is 17.2. The second-order valence-corrected chi connectivity index (χ2v) is 6.81. The van der Waals surface area contributed by atoms with E-state index in [1.165, 1.54) is 12.8 Å². The van der Waals surface area contributed by atoms with Crippen LogP contribution in [0.3, 0.4) is 0 Å². The van der Waals surface area contributed by atoms with Crippen molar-refractivity contribution in [2.45, 2.75) is 47.1 Å². The average Bonchev–Trinajstić information content (AvgIpc) is 2.95. The maximum Gasteiger partial charge on any atom is 0.208 e. The molecule has 0 bridgehead atoms. The van der Waals surface area contributed by atoms with E-state index in [-0.39, 0.29) is 24.0 Å². The number of nitrogens with zero attached hydrogens (tertiary/aromatic N) is 3. The molecule has 0 aromatic carbocycles. The summed E-state index contributed by atoms with van der Waals surface area (Å²) in [5.41, 5.74) is 0.997. The van der Waals surface area contributed by atoms with Crippen molar-refractivity contribution in [1.29, 1.82) is 0 Å². The molecule has 0 radical (unpaired) electrons. The SMILES string of the molecule is CCNC(=NCC1CCN(Cc2nc(C)c(C)o2)CC1)NCCOCC.I. The number of piperidine rings is 1. The first kappa shape index (κ1) is 24.2. The van der Waals surface area contributed by atoms with E-state index >= 15 is 0 Å². The molecule has 1 fully saturated rings. The number of ether oxygens (including phenoxy) is 1. The molecule has 0 spiro atoms. The monoisotopic (exact) mass is 493 g/mol. The van der Waals surface area contributed by atoms with Crippen molar-refractivity contribution in [1.82, 2.24) is 20.5 Å². The minimum absolute atomic E-state index is 0. The number of guanidine groups is 1. The van der Waals surface area contributed by atoms with Crippen LogP contribution in [0.25, 0.3) is 0 Å². The van der Waals surface area contributed by atoms with Crippen LogP contribution in [-0.4, -0.2) is 61.8 Å². The van der Waals surface area contributed by atoms with Gasteiger partial charge >= 0.3 is 0 Å². The van der Waals surface area contributed by atoms with Crippen LogP contribution in [0.4, 0.5) is 0 Å². The van der Waals surface area contributed by atoms with Gasteiger partial charge in [-0.1, -0.05) is 0 Å². The number of nitrogens with one attached hydrogen (secondary N) is 2. The lowest BCUT2D eigenvalue weighted by Crippen LogP contribution is -2.40. The molecule has 0 amide bonds. The summed E-state index contributed by atoms with van der Waals surface area (Å²) in [6.45, 7) is 15.0. The van der Waals surface area contributed by atoms with Gasteiger partial charge in [-0.25, -0.2) is 4.98 Å². The van der Waals surface area contributed by atoms with Crippen molar-refractivity contribution in [3.8, 4) is 0 Å². The lowest BCUT2D eigenvalue weighted by molar-refractivity contribution is 0.152. The van der Waals surface area contributed by atoms with E-state index in [1.54, 1.807) is 0 Å². The lowest BCUT2D eigenvalue weighted by Gasteiger charge is -2.30. The van der Waals surface area contributed by atoms with Crippen molar-refractivity contribution in [2.24, 2.45) is 10.9 Å². The predicted molar refractivity (Wildman–Crippen MR) is 120 cm³/mol. The van der Waals surface area contributed by atoms with E-state index < -0.39 is 0 Å². The first-order chi connectivity index (χ1) is 12.6. The number of halogens is 1. The number of hydrogen-bond donors (Lipinski definition) is 2. The average molecular weight is 493 g/mol. The zero-order chi connectivity index (χ0) is 18.8. The Bertz CT molecular complexity index is 537. The molecule has 1 aliphatic rings. The molecular weight excluding hydrogens is 457 g/mol. The van der Waals surface area contributed by atoms with Crippen molar-refractivity contribution in [2.75, 3.05) is 45.9 Å². The van der Waals surface area contributed by atoms with Gasteiger partial charge in [-0.2, -0.15) is 0 Å². The molecule has 27 heavy (non-hydrogen) atoms. The molecule has 0 atom stereocenters. The Hall–Kier alpha value is -0.870.